The molecule has 2 aliphatic rings. The van der Waals surface area contributed by atoms with Crippen molar-refractivity contribution in [1.82, 2.24) is 9.80 Å². The lowest BCUT2D eigenvalue weighted by Crippen LogP contribution is -2.64. The molecule has 0 spiro atoms. The van der Waals surface area contributed by atoms with Gasteiger partial charge < -0.3 is 15.4 Å². The third-order valence-corrected chi connectivity index (χ3v) is 4.18. The standard InChI is InChI=1S/C13H22F3N3O2/c1-12(17,13(14,15)16)11(20)19-6-4-18(5-7-19)9-10-3-2-8-21-10/h10H,2-9,17H2,1H3. The van der Waals surface area contributed by atoms with Crippen molar-refractivity contribution in [3.8, 4) is 0 Å². The minimum atomic E-state index is -4.74. The van der Waals surface area contributed by atoms with E-state index in [0.29, 0.717) is 13.1 Å². The van der Waals surface area contributed by atoms with Crippen LogP contribution in [-0.4, -0.2) is 72.9 Å². The van der Waals surface area contributed by atoms with Crippen LogP contribution < -0.4 is 5.73 Å². The van der Waals surface area contributed by atoms with Crippen LogP contribution in [-0.2, 0) is 9.53 Å². The molecule has 1 amide bonds. The van der Waals surface area contributed by atoms with E-state index in [1.54, 1.807) is 0 Å². The molecule has 2 saturated heterocycles. The van der Waals surface area contributed by atoms with Gasteiger partial charge in [0.05, 0.1) is 6.10 Å². The van der Waals surface area contributed by atoms with Crippen LogP contribution in [0.15, 0.2) is 0 Å². The first-order valence-electron chi connectivity index (χ1n) is 7.21. The molecular weight excluding hydrogens is 287 g/mol. The summed E-state index contributed by atoms with van der Waals surface area (Å²) in [7, 11) is 0. The summed E-state index contributed by atoms with van der Waals surface area (Å²) in [4.78, 5) is 15.3. The Balaban J connectivity index is 1.84. The number of rotatable bonds is 3. The van der Waals surface area contributed by atoms with E-state index >= 15 is 0 Å². The quantitative estimate of drug-likeness (QED) is 0.829. The maximum absolute atomic E-state index is 12.8. The fraction of sp³-hybridized carbons (Fsp3) is 0.923. The van der Waals surface area contributed by atoms with Crippen molar-refractivity contribution >= 4 is 5.91 Å². The van der Waals surface area contributed by atoms with Gasteiger partial charge in [-0.15, -0.1) is 0 Å². The molecule has 2 fully saturated rings. The molecule has 0 bridgehead atoms. The number of hydrogen-bond donors (Lipinski definition) is 1. The van der Waals surface area contributed by atoms with E-state index < -0.39 is 17.6 Å². The van der Waals surface area contributed by atoms with Crippen LogP contribution in [0.3, 0.4) is 0 Å². The van der Waals surface area contributed by atoms with E-state index in [4.69, 9.17) is 10.5 Å². The van der Waals surface area contributed by atoms with Crippen molar-refractivity contribution < 1.29 is 22.7 Å². The van der Waals surface area contributed by atoms with Gasteiger partial charge in [0, 0.05) is 39.3 Å². The number of carbonyl (C=O) groups excluding carboxylic acids is 1. The second-order valence-electron chi connectivity index (χ2n) is 5.93. The molecule has 2 rings (SSSR count). The fourth-order valence-corrected chi connectivity index (χ4v) is 2.66. The van der Waals surface area contributed by atoms with Crippen molar-refractivity contribution in [3.05, 3.63) is 0 Å². The molecule has 2 heterocycles. The molecule has 21 heavy (non-hydrogen) atoms. The molecule has 0 aromatic rings. The monoisotopic (exact) mass is 309 g/mol. The summed E-state index contributed by atoms with van der Waals surface area (Å²) in [5.74, 6) is -1.05. The third kappa shape index (κ3) is 3.67. The number of nitrogens with zero attached hydrogens (tertiary/aromatic N) is 2. The van der Waals surface area contributed by atoms with E-state index in [-0.39, 0.29) is 19.2 Å². The van der Waals surface area contributed by atoms with Crippen molar-refractivity contribution in [2.24, 2.45) is 5.73 Å². The van der Waals surface area contributed by atoms with Gasteiger partial charge in [-0.05, 0) is 19.8 Å². The zero-order valence-corrected chi connectivity index (χ0v) is 12.2. The maximum atomic E-state index is 12.8. The van der Waals surface area contributed by atoms with Gasteiger partial charge in [-0.3, -0.25) is 9.69 Å². The minimum Gasteiger partial charge on any atom is -0.377 e. The number of halogens is 3. The van der Waals surface area contributed by atoms with Gasteiger partial charge in [0.2, 0.25) is 0 Å². The number of carbonyl (C=O) groups is 1. The normalized spacial score (nSPS) is 27.7. The highest BCUT2D eigenvalue weighted by Gasteiger charge is 2.55. The Kier molecular flexibility index (Phi) is 4.79. The van der Waals surface area contributed by atoms with E-state index in [1.165, 1.54) is 4.90 Å². The van der Waals surface area contributed by atoms with Crippen LogP contribution in [0, 0.1) is 0 Å². The zero-order valence-electron chi connectivity index (χ0n) is 12.2. The lowest BCUT2D eigenvalue weighted by atomic mass is 10.0. The van der Waals surface area contributed by atoms with Crippen molar-refractivity contribution in [2.45, 2.75) is 37.6 Å². The Hall–Kier alpha value is -0.860. The molecule has 2 atom stereocenters. The van der Waals surface area contributed by atoms with Crippen LogP contribution >= 0.6 is 0 Å². The molecular formula is C13H22F3N3O2. The van der Waals surface area contributed by atoms with Crippen molar-refractivity contribution in [2.75, 3.05) is 39.3 Å². The van der Waals surface area contributed by atoms with Gasteiger partial charge in [0.1, 0.15) is 0 Å². The second-order valence-corrected chi connectivity index (χ2v) is 5.93. The summed E-state index contributed by atoms with van der Waals surface area (Å²) < 4.78 is 43.9. The number of nitrogens with two attached hydrogens (primary N) is 1. The highest BCUT2D eigenvalue weighted by atomic mass is 19.4. The molecule has 0 aliphatic carbocycles. The maximum Gasteiger partial charge on any atom is 0.415 e. The average molecular weight is 309 g/mol. The van der Waals surface area contributed by atoms with Crippen LogP contribution in [0.1, 0.15) is 19.8 Å². The van der Waals surface area contributed by atoms with Crippen molar-refractivity contribution in [3.63, 3.8) is 0 Å². The molecule has 5 nitrogen and oxygen atoms in total. The SMILES string of the molecule is CC(N)(C(=O)N1CCN(CC2CCCO2)CC1)C(F)(F)F. The topological polar surface area (TPSA) is 58.8 Å². The van der Waals surface area contributed by atoms with Crippen LogP contribution in [0.4, 0.5) is 13.2 Å². The molecule has 0 aromatic heterocycles. The first kappa shape index (κ1) is 16.5. The summed E-state index contributed by atoms with van der Waals surface area (Å²) in [6.45, 7) is 3.94. The summed E-state index contributed by atoms with van der Waals surface area (Å²) in [6.07, 6.45) is -2.45. The molecule has 0 saturated carbocycles. The number of amides is 1. The molecule has 2 aliphatic heterocycles. The summed E-state index contributed by atoms with van der Waals surface area (Å²) in [5.41, 5.74) is 2.37. The summed E-state index contributed by atoms with van der Waals surface area (Å²) >= 11 is 0. The van der Waals surface area contributed by atoms with Crippen LogP contribution in [0.2, 0.25) is 0 Å². The van der Waals surface area contributed by atoms with Gasteiger partial charge in [0.25, 0.3) is 5.91 Å². The number of hydrogen-bond acceptors (Lipinski definition) is 4. The molecule has 8 heteroatoms. The predicted octanol–water partition coefficient (Wildman–Crippen LogP) is 0.589. The predicted molar refractivity (Wildman–Crippen MR) is 70.6 cm³/mol. The second kappa shape index (κ2) is 6.10. The lowest BCUT2D eigenvalue weighted by molar-refractivity contribution is -0.194. The molecule has 0 radical (unpaired) electrons. The largest absolute Gasteiger partial charge is 0.415 e. The van der Waals surface area contributed by atoms with Crippen LogP contribution in [0.25, 0.3) is 0 Å². The third-order valence-electron chi connectivity index (χ3n) is 4.18. The van der Waals surface area contributed by atoms with E-state index in [2.05, 4.69) is 4.90 Å². The number of alkyl halides is 3. The first-order valence-corrected chi connectivity index (χ1v) is 7.21. The minimum absolute atomic E-state index is 0.210. The van der Waals surface area contributed by atoms with Gasteiger partial charge >= 0.3 is 6.18 Å². The lowest BCUT2D eigenvalue weighted by Gasteiger charge is -2.39. The average Bonchev–Trinajstić information content (AvgIpc) is 2.90. The zero-order chi connectivity index (χ0) is 15.7. The highest BCUT2D eigenvalue weighted by Crippen LogP contribution is 2.29. The van der Waals surface area contributed by atoms with E-state index in [9.17, 15) is 18.0 Å². The Morgan fingerprint density at radius 1 is 1.29 bits per heavy atom. The molecule has 2 unspecified atom stereocenters. The van der Waals surface area contributed by atoms with Crippen LogP contribution in [0.5, 0.6) is 0 Å². The molecule has 122 valence electrons. The van der Waals surface area contributed by atoms with E-state index in [1.807, 2.05) is 0 Å². The molecule has 0 aromatic carbocycles. The summed E-state index contributed by atoms with van der Waals surface area (Å²) in [6, 6.07) is 0. The van der Waals surface area contributed by atoms with Gasteiger partial charge in [-0.1, -0.05) is 0 Å². The molecule has 2 N–H and O–H groups in total. The Labute approximate surface area is 122 Å². The van der Waals surface area contributed by atoms with Gasteiger partial charge in [-0.2, -0.15) is 13.2 Å². The smallest absolute Gasteiger partial charge is 0.377 e. The Morgan fingerprint density at radius 3 is 2.38 bits per heavy atom. The first-order chi connectivity index (χ1) is 9.72. The van der Waals surface area contributed by atoms with E-state index in [0.717, 1.165) is 32.9 Å². The Morgan fingerprint density at radius 2 is 1.90 bits per heavy atom. The Bertz CT molecular complexity index is 373. The van der Waals surface area contributed by atoms with Gasteiger partial charge in [0.15, 0.2) is 5.54 Å². The number of ether oxygens (including phenoxy) is 1. The summed E-state index contributed by atoms with van der Waals surface area (Å²) in [5, 5.41) is 0. The van der Waals surface area contributed by atoms with Crippen molar-refractivity contribution in [1.29, 1.82) is 0 Å². The number of piperazine rings is 1. The van der Waals surface area contributed by atoms with Gasteiger partial charge in [-0.25, -0.2) is 0 Å². The highest BCUT2D eigenvalue weighted by molar-refractivity contribution is 5.86. The fourth-order valence-electron chi connectivity index (χ4n) is 2.66.